The highest BCUT2D eigenvalue weighted by Crippen LogP contribution is 2.38. The van der Waals surface area contributed by atoms with Gasteiger partial charge in [0.1, 0.15) is 29.3 Å². The third kappa shape index (κ3) is 6.06. The molecule has 3 N–H and O–H groups in total. The highest BCUT2D eigenvalue weighted by atomic mass is 19.4. The summed E-state index contributed by atoms with van der Waals surface area (Å²) >= 11 is 0. The number of benzene rings is 2. The molecular formula is C28H32F3N7O2. The third-order valence-electron chi connectivity index (χ3n) is 6.95. The summed E-state index contributed by atoms with van der Waals surface area (Å²) in [5.41, 5.74) is 0.221. The van der Waals surface area contributed by atoms with Crippen molar-refractivity contribution in [2.75, 3.05) is 54.9 Å². The molecule has 2 aromatic carbocycles. The zero-order valence-corrected chi connectivity index (χ0v) is 22.6. The molecule has 212 valence electrons. The van der Waals surface area contributed by atoms with E-state index in [0.717, 1.165) is 44.6 Å². The zero-order valence-electron chi connectivity index (χ0n) is 22.6. The van der Waals surface area contributed by atoms with Gasteiger partial charge in [-0.05, 0) is 56.8 Å². The maximum absolute atomic E-state index is 13.9. The Morgan fingerprint density at radius 1 is 1.05 bits per heavy atom. The molecule has 0 spiro atoms. The third-order valence-corrected chi connectivity index (χ3v) is 6.95. The monoisotopic (exact) mass is 555 g/mol. The standard InChI is InChI=1S/C28H32F3N7O2/c1-4-37-12-14-38(15-13-37)19-10-8-18(9-11-19)33-26-32-16-20(28(29,30)31)24(35-26)34-21-6-5-7-22-23(21)25(39)36-27(2,3)17-40-22/h5-11,16H,4,12-15,17H2,1-3H3,(H,36,39)(H2,32,33,34,35). The van der Waals surface area contributed by atoms with Crippen molar-refractivity contribution in [2.45, 2.75) is 32.5 Å². The summed E-state index contributed by atoms with van der Waals surface area (Å²) < 4.78 is 47.5. The second kappa shape index (κ2) is 10.8. The number of halogens is 3. The fourth-order valence-electron chi connectivity index (χ4n) is 4.73. The molecule has 1 saturated heterocycles. The predicted octanol–water partition coefficient (Wildman–Crippen LogP) is 5.03. The second-order valence-electron chi connectivity index (χ2n) is 10.5. The molecule has 0 saturated carbocycles. The van der Waals surface area contributed by atoms with Gasteiger partial charge in [-0.25, -0.2) is 4.98 Å². The van der Waals surface area contributed by atoms with Gasteiger partial charge in [0, 0.05) is 43.8 Å². The molecule has 0 radical (unpaired) electrons. The van der Waals surface area contributed by atoms with E-state index in [1.165, 1.54) is 6.07 Å². The van der Waals surface area contributed by atoms with E-state index in [1.54, 1.807) is 26.0 Å². The van der Waals surface area contributed by atoms with Gasteiger partial charge in [0.05, 0.1) is 11.2 Å². The lowest BCUT2D eigenvalue weighted by Crippen LogP contribution is -2.46. The number of nitrogens with one attached hydrogen (secondary N) is 3. The largest absolute Gasteiger partial charge is 0.490 e. The first-order valence-corrected chi connectivity index (χ1v) is 13.2. The number of nitrogens with zero attached hydrogens (tertiary/aromatic N) is 4. The fourth-order valence-corrected chi connectivity index (χ4v) is 4.73. The van der Waals surface area contributed by atoms with Gasteiger partial charge in [-0.15, -0.1) is 0 Å². The number of amides is 1. The van der Waals surface area contributed by atoms with Crippen LogP contribution >= 0.6 is 0 Å². The molecule has 3 aromatic rings. The van der Waals surface area contributed by atoms with E-state index in [0.29, 0.717) is 5.69 Å². The maximum Gasteiger partial charge on any atom is 0.421 e. The number of aromatic nitrogens is 2. The number of carbonyl (C=O) groups is 1. The zero-order chi connectivity index (χ0) is 28.5. The molecule has 9 nitrogen and oxygen atoms in total. The molecule has 1 fully saturated rings. The lowest BCUT2D eigenvalue weighted by atomic mass is 10.1. The van der Waals surface area contributed by atoms with Gasteiger partial charge in [-0.1, -0.05) is 13.0 Å². The molecule has 2 aliphatic rings. The Kier molecular flexibility index (Phi) is 7.45. The first-order chi connectivity index (χ1) is 19.0. The molecular weight excluding hydrogens is 523 g/mol. The van der Waals surface area contributed by atoms with Gasteiger partial charge in [-0.2, -0.15) is 18.2 Å². The van der Waals surface area contributed by atoms with Crippen LogP contribution in [0.4, 0.5) is 42.0 Å². The topological polar surface area (TPSA) is 94.7 Å². The van der Waals surface area contributed by atoms with E-state index < -0.39 is 29.0 Å². The van der Waals surface area contributed by atoms with Gasteiger partial charge in [0.15, 0.2) is 0 Å². The van der Waals surface area contributed by atoms with Crippen molar-refractivity contribution >= 4 is 34.7 Å². The minimum absolute atomic E-state index is 0.0244. The smallest absolute Gasteiger partial charge is 0.421 e. The highest BCUT2D eigenvalue weighted by molar-refractivity contribution is 6.03. The Morgan fingerprint density at radius 3 is 2.45 bits per heavy atom. The quantitative estimate of drug-likeness (QED) is 0.390. The van der Waals surface area contributed by atoms with Crippen molar-refractivity contribution in [2.24, 2.45) is 0 Å². The van der Waals surface area contributed by atoms with E-state index in [4.69, 9.17) is 4.74 Å². The van der Waals surface area contributed by atoms with Gasteiger partial charge >= 0.3 is 6.18 Å². The second-order valence-corrected chi connectivity index (χ2v) is 10.5. The first kappa shape index (κ1) is 27.5. The molecule has 1 aromatic heterocycles. The number of alkyl halides is 3. The molecule has 5 rings (SSSR count). The first-order valence-electron chi connectivity index (χ1n) is 13.2. The van der Waals surface area contributed by atoms with Crippen molar-refractivity contribution in [3.05, 3.63) is 59.8 Å². The van der Waals surface area contributed by atoms with Crippen LogP contribution in [0.3, 0.4) is 0 Å². The minimum Gasteiger partial charge on any atom is -0.490 e. The van der Waals surface area contributed by atoms with Crippen LogP contribution in [0.15, 0.2) is 48.7 Å². The Morgan fingerprint density at radius 2 is 1.77 bits per heavy atom. The van der Waals surface area contributed by atoms with E-state index in [2.05, 4.69) is 42.6 Å². The van der Waals surface area contributed by atoms with Crippen molar-refractivity contribution < 1.29 is 22.7 Å². The lowest BCUT2D eigenvalue weighted by molar-refractivity contribution is -0.137. The molecule has 0 atom stereocenters. The molecule has 0 aliphatic carbocycles. The highest BCUT2D eigenvalue weighted by Gasteiger charge is 2.36. The number of anilines is 5. The van der Waals surface area contributed by atoms with Gasteiger partial charge < -0.3 is 30.5 Å². The molecule has 1 amide bonds. The van der Waals surface area contributed by atoms with Gasteiger partial charge in [0.25, 0.3) is 5.91 Å². The molecule has 2 aliphatic heterocycles. The number of hydrogen-bond donors (Lipinski definition) is 3. The summed E-state index contributed by atoms with van der Waals surface area (Å²) in [4.78, 5) is 25.7. The van der Waals surface area contributed by atoms with Crippen LogP contribution in [0.2, 0.25) is 0 Å². The molecule has 0 unspecified atom stereocenters. The maximum atomic E-state index is 13.9. The summed E-state index contributed by atoms with van der Waals surface area (Å²) in [6, 6.07) is 12.3. The van der Waals surface area contributed by atoms with Crippen LogP contribution in [-0.4, -0.2) is 65.6 Å². The number of piperazine rings is 1. The summed E-state index contributed by atoms with van der Waals surface area (Å²) in [7, 11) is 0. The Hall–Kier alpha value is -4.06. The SMILES string of the molecule is CCN1CCN(c2ccc(Nc3ncc(C(F)(F)F)c(Nc4cccc5c4C(=O)NC(C)(C)CO5)n3)cc2)CC1. The summed E-state index contributed by atoms with van der Waals surface area (Å²) in [5.74, 6) is -0.702. The van der Waals surface area contributed by atoms with Gasteiger partial charge in [-0.3, -0.25) is 4.79 Å². The molecule has 0 bridgehead atoms. The molecule has 12 heteroatoms. The van der Waals surface area contributed by atoms with E-state index >= 15 is 0 Å². The molecule has 3 heterocycles. The van der Waals surface area contributed by atoms with Crippen LogP contribution < -0.4 is 25.6 Å². The Bertz CT molecular complexity index is 1370. The van der Waals surface area contributed by atoms with Crippen LogP contribution in [0.25, 0.3) is 0 Å². The predicted molar refractivity (Wildman–Crippen MR) is 148 cm³/mol. The molecule has 40 heavy (non-hydrogen) atoms. The Balaban J connectivity index is 1.39. The average Bonchev–Trinajstić information content (AvgIpc) is 3.03. The summed E-state index contributed by atoms with van der Waals surface area (Å²) in [6.07, 6.45) is -4.00. The van der Waals surface area contributed by atoms with E-state index in [9.17, 15) is 18.0 Å². The fraction of sp³-hybridized carbons (Fsp3) is 0.393. The lowest BCUT2D eigenvalue weighted by Gasteiger charge is -2.35. The average molecular weight is 556 g/mol. The number of ether oxygens (including phenoxy) is 1. The number of hydrogen-bond acceptors (Lipinski definition) is 8. The number of likely N-dealkylation sites (N-methyl/N-ethyl adjacent to an activating group) is 1. The van der Waals surface area contributed by atoms with Crippen LogP contribution in [0, 0.1) is 0 Å². The number of carbonyl (C=O) groups excluding carboxylic acids is 1. The minimum atomic E-state index is -4.73. The van der Waals surface area contributed by atoms with Crippen LogP contribution in [0.1, 0.15) is 36.7 Å². The Labute approximate surface area is 230 Å². The summed E-state index contributed by atoms with van der Waals surface area (Å²) in [5, 5.41) is 8.55. The van der Waals surface area contributed by atoms with Crippen molar-refractivity contribution in [1.29, 1.82) is 0 Å². The van der Waals surface area contributed by atoms with E-state index in [1.807, 2.05) is 24.3 Å². The van der Waals surface area contributed by atoms with Crippen LogP contribution in [0.5, 0.6) is 5.75 Å². The normalized spacial score (nSPS) is 17.4. The van der Waals surface area contributed by atoms with Crippen LogP contribution in [-0.2, 0) is 6.18 Å². The summed E-state index contributed by atoms with van der Waals surface area (Å²) in [6.45, 7) is 10.9. The van der Waals surface area contributed by atoms with Crippen molar-refractivity contribution in [1.82, 2.24) is 20.2 Å². The van der Waals surface area contributed by atoms with E-state index in [-0.39, 0.29) is 29.6 Å². The van der Waals surface area contributed by atoms with Crippen molar-refractivity contribution in [3.63, 3.8) is 0 Å². The van der Waals surface area contributed by atoms with Gasteiger partial charge in [0.2, 0.25) is 5.95 Å². The number of fused-ring (bicyclic) bond motifs is 1. The van der Waals surface area contributed by atoms with Crippen molar-refractivity contribution in [3.8, 4) is 5.75 Å². The number of rotatable bonds is 6.